The van der Waals surface area contributed by atoms with Crippen LogP contribution >= 0.6 is 0 Å². The van der Waals surface area contributed by atoms with Gasteiger partial charge in [-0.05, 0) is 49.2 Å². The monoisotopic (exact) mass is 298 g/mol. The number of hydrogen-bond donors (Lipinski definition) is 2. The zero-order chi connectivity index (χ0) is 16.1. The number of primary amides is 1. The Kier molecular flexibility index (Phi) is 4.78. The molecule has 0 bridgehead atoms. The molecule has 22 heavy (non-hydrogen) atoms. The molecule has 0 heterocycles. The first-order chi connectivity index (χ1) is 10.5. The summed E-state index contributed by atoms with van der Waals surface area (Å²) in [7, 11) is 0. The van der Waals surface area contributed by atoms with Crippen molar-refractivity contribution in [2.45, 2.75) is 13.8 Å². The van der Waals surface area contributed by atoms with Gasteiger partial charge in [0.1, 0.15) is 5.75 Å². The number of carbonyl (C=O) groups excluding carboxylic acids is 2. The molecule has 0 spiro atoms. The van der Waals surface area contributed by atoms with Crippen LogP contribution in [0.4, 0.5) is 5.69 Å². The second-order valence-corrected chi connectivity index (χ2v) is 4.98. The molecule has 2 amide bonds. The number of hydrogen-bond acceptors (Lipinski definition) is 3. The molecule has 2 rings (SSSR count). The predicted molar refractivity (Wildman–Crippen MR) is 85.0 cm³/mol. The Hall–Kier alpha value is -2.82. The Bertz CT molecular complexity index is 711. The van der Waals surface area contributed by atoms with E-state index in [1.165, 1.54) is 6.07 Å². The predicted octanol–water partition coefficient (Wildman–Crippen LogP) is 2.42. The van der Waals surface area contributed by atoms with Crippen LogP contribution in [-0.4, -0.2) is 18.4 Å². The zero-order valence-corrected chi connectivity index (χ0v) is 12.6. The number of amides is 2. The molecule has 0 saturated heterocycles. The minimum atomic E-state index is -0.539. The van der Waals surface area contributed by atoms with Gasteiger partial charge in [-0.2, -0.15) is 0 Å². The van der Waals surface area contributed by atoms with E-state index < -0.39 is 5.91 Å². The maximum atomic E-state index is 11.9. The van der Waals surface area contributed by atoms with Crippen molar-refractivity contribution in [1.29, 1.82) is 0 Å². The number of ether oxygens (including phenoxy) is 1. The van der Waals surface area contributed by atoms with Gasteiger partial charge >= 0.3 is 0 Å². The molecule has 0 aliphatic carbocycles. The number of carbonyl (C=O) groups is 2. The number of nitrogens with one attached hydrogen (secondary N) is 1. The van der Waals surface area contributed by atoms with Crippen LogP contribution in [0.2, 0.25) is 0 Å². The van der Waals surface area contributed by atoms with Crippen molar-refractivity contribution in [2.75, 3.05) is 11.9 Å². The first kappa shape index (κ1) is 15.6. The molecule has 2 aromatic rings. The first-order valence-corrected chi connectivity index (χ1v) is 6.86. The van der Waals surface area contributed by atoms with Gasteiger partial charge in [0.25, 0.3) is 5.91 Å². The van der Waals surface area contributed by atoms with Gasteiger partial charge in [-0.15, -0.1) is 0 Å². The fourth-order valence-electron chi connectivity index (χ4n) is 1.97. The second-order valence-electron chi connectivity index (χ2n) is 4.98. The molecule has 5 heteroatoms. The number of rotatable bonds is 5. The van der Waals surface area contributed by atoms with Gasteiger partial charge in [0.05, 0.1) is 0 Å². The van der Waals surface area contributed by atoms with E-state index >= 15 is 0 Å². The highest BCUT2D eigenvalue weighted by atomic mass is 16.5. The summed E-state index contributed by atoms with van der Waals surface area (Å²) in [4.78, 5) is 23.0. The maximum Gasteiger partial charge on any atom is 0.262 e. The summed E-state index contributed by atoms with van der Waals surface area (Å²) in [5, 5.41) is 2.67. The average Bonchev–Trinajstić information content (AvgIpc) is 2.49. The summed E-state index contributed by atoms with van der Waals surface area (Å²) < 4.78 is 5.53. The van der Waals surface area contributed by atoms with Crippen molar-refractivity contribution in [3.8, 4) is 5.75 Å². The smallest absolute Gasteiger partial charge is 0.262 e. The molecular formula is C17H18N2O3. The third-order valence-electron chi connectivity index (χ3n) is 3.34. The van der Waals surface area contributed by atoms with Crippen LogP contribution in [0, 0.1) is 13.8 Å². The van der Waals surface area contributed by atoms with Crippen molar-refractivity contribution in [2.24, 2.45) is 5.73 Å². The van der Waals surface area contributed by atoms with Gasteiger partial charge in [-0.25, -0.2) is 0 Å². The van der Waals surface area contributed by atoms with Gasteiger partial charge < -0.3 is 15.8 Å². The van der Waals surface area contributed by atoms with Crippen LogP contribution in [0.5, 0.6) is 5.75 Å². The summed E-state index contributed by atoms with van der Waals surface area (Å²) >= 11 is 0. The summed E-state index contributed by atoms with van der Waals surface area (Å²) in [5.41, 5.74) is 8.16. The topological polar surface area (TPSA) is 81.4 Å². The standard InChI is InChI=1S/C17H18N2O3/c1-11-5-3-8-15(12(11)2)22-10-16(20)19-14-7-4-6-13(9-14)17(18)21/h3-9H,10H2,1-2H3,(H2,18,21)(H,19,20). The van der Waals surface area contributed by atoms with Crippen molar-refractivity contribution in [3.05, 3.63) is 59.2 Å². The van der Waals surface area contributed by atoms with Gasteiger partial charge in [-0.3, -0.25) is 9.59 Å². The molecule has 0 fully saturated rings. The summed E-state index contributed by atoms with van der Waals surface area (Å²) in [6.45, 7) is 3.82. The van der Waals surface area contributed by atoms with Crippen LogP contribution < -0.4 is 15.8 Å². The van der Waals surface area contributed by atoms with E-state index in [4.69, 9.17) is 10.5 Å². The van der Waals surface area contributed by atoms with E-state index in [0.717, 1.165) is 11.1 Å². The normalized spacial score (nSPS) is 10.1. The Morgan fingerprint density at radius 1 is 1.14 bits per heavy atom. The Morgan fingerprint density at radius 3 is 2.59 bits per heavy atom. The van der Waals surface area contributed by atoms with Crippen molar-refractivity contribution >= 4 is 17.5 Å². The van der Waals surface area contributed by atoms with Crippen molar-refractivity contribution < 1.29 is 14.3 Å². The van der Waals surface area contributed by atoms with Crippen LogP contribution in [-0.2, 0) is 4.79 Å². The van der Waals surface area contributed by atoms with Crippen LogP contribution in [0.1, 0.15) is 21.5 Å². The quantitative estimate of drug-likeness (QED) is 0.889. The molecule has 0 aromatic heterocycles. The minimum Gasteiger partial charge on any atom is -0.483 e. The van der Waals surface area contributed by atoms with Gasteiger partial charge in [0.2, 0.25) is 5.91 Å². The van der Waals surface area contributed by atoms with E-state index in [1.54, 1.807) is 18.2 Å². The lowest BCUT2D eigenvalue weighted by atomic mass is 10.1. The lowest BCUT2D eigenvalue weighted by molar-refractivity contribution is -0.118. The van der Waals surface area contributed by atoms with Gasteiger partial charge in [0.15, 0.2) is 6.61 Å². The molecule has 3 N–H and O–H groups in total. The van der Waals surface area contributed by atoms with Crippen LogP contribution in [0.3, 0.4) is 0 Å². The molecule has 0 aliphatic heterocycles. The van der Waals surface area contributed by atoms with Crippen molar-refractivity contribution in [3.63, 3.8) is 0 Å². The summed E-state index contributed by atoms with van der Waals surface area (Å²) in [5.74, 6) is -0.161. The SMILES string of the molecule is Cc1cccc(OCC(=O)Nc2cccc(C(N)=O)c2)c1C. The molecule has 2 aromatic carbocycles. The minimum absolute atomic E-state index is 0.106. The van der Waals surface area contributed by atoms with Crippen LogP contribution in [0.25, 0.3) is 0 Å². The Morgan fingerprint density at radius 2 is 1.86 bits per heavy atom. The van der Waals surface area contributed by atoms with E-state index in [2.05, 4.69) is 5.32 Å². The van der Waals surface area contributed by atoms with Gasteiger partial charge in [0, 0.05) is 11.3 Å². The molecule has 0 saturated carbocycles. The van der Waals surface area contributed by atoms with E-state index in [-0.39, 0.29) is 12.5 Å². The number of benzene rings is 2. The third-order valence-corrected chi connectivity index (χ3v) is 3.34. The summed E-state index contributed by atoms with van der Waals surface area (Å²) in [6, 6.07) is 12.1. The Labute approximate surface area is 129 Å². The summed E-state index contributed by atoms with van der Waals surface area (Å²) in [6.07, 6.45) is 0. The number of nitrogens with two attached hydrogens (primary N) is 1. The number of anilines is 1. The molecule has 5 nitrogen and oxygen atoms in total. The first-order valence-electron chi connectivity index (χ1n) is 6.86. The number of aryl methyl sites for hydroxylation is 1. The highest BCUT2D eigenvalue weighted by molar-refractivity contribution is 5.96. The van der Waals surface area contributed by atoms with Crippen molar-refractivity contribution in [1.82, 2.24) is 0 Å². The molecule has 114 valence electrons. The average molecular weight is 298 g/mol. The highest BCUT2D eigenvalue weighted by Gasteiger charge is 2.08. The van der Waals surface area contributed by atoms with E-state index in [0.29, 0.717) is 17.0 Å². The lowest BCUT2D eigenvalue weighted by Crippen LogP contribution is -2.21. The highest BCUT2D eigenvalue weighted by Crippen LogP contribution is 2.20. The molecule has 0 atom stereocenters. The molecule has 0 unspecified atom stereocenters. The van der Waals surface area contributed by atoms with E-state index in [1.807, 2.05) is 32.0 Å². The third kappa shape index (κ3) is 3.85. The lowest BCUT2D eigenvalue weighted by Gasteiger charge is -2.11. The molecule has 0 radical (unpaired) electrons. The second kappa shape index (κ2) is 6.76. The molecule has 0 aliphatic rings. The van der Waals surface area contributed by atoms with Crippen LogP contribution in [0.15, 0.2) is 42.5 Å². The molecular weight excluding hydrogens is 280 g/mol. The largest absolute Gasteiger partial charge is 0.483 e. The van der Waals surface area contributed by atoms with E-state index in [9.17, 15) is 9.59 Å². The van der Waals surface area contributed by atoms with Gasteiger partial charge in [-0.1, -0.05) is 18.2 Å². The Balaban J connectivity index is 1.97. The fraction of sp³-hybridized carbons (Fsp3) is 0.176. The maximum absolute atomic E-state index is 11.9. The fourth-order valence-corrected chi connectivity index (χ4v) is 1.97. The zero-order valence-electron chi connectivity index (χ0n) is 12.6.